The van der Waals surface area contributed by atoms with Crippen LogP contribution in [0.1, 0.15) is 33.3 Å². The van der Waals surface area contributed by atoms with Gasteiger partial charge in [0.2, 0.25) is 5.76 Å². The lowest BCUT2D eigenvalue weighted by molar-refractivity contribution is 0.0970. The van der Waals surface area contributed by atoms with E-state index in [-0.39, 0.29) is 17.1 Å². The van der Waals surface area contributed by atoms with Crippen molar-refractivity contribution >= 4 is 50.4 Å². The second-order valence-corrected chi connectivity index (χ2v) is 9.15. The molecule has 2 aromatic heterocycles. The van der Waals surface area contributed by atoms with Gasteiger partial charge in [0, 0.05) is 15.6 Å². The summed E-state index contributed by atoms with van der Waals surface area (Å²) < 4.78 is 6.76. The molecule has 0 N–H and O–H groups in total. The summed E-state index contributed by atoms with van der Waals surface area (Å²) in [7, 11) is 0. The number of carbonyl (C=O) groups is 1. The summed E-state index contributed by atoms with van der Waals surface area (Å²) >= 11 is 5.05. The molecule has 1 unspecified atom stereocenters. The molecule has 5 rings (SSSR count). The Balaban J connectivity index is 1.80. The van der Waals surface area contributed by atoms with Crippen LogP contribution in [0, 0.1) is 6.92 Å². The average Bonchev–Trinajstić information content (AvgIpc) is 3.07. The summed E-state index contributed by atoms with van der Waals surface area (Å²) in [5.74, 6) is 0.191. The molecule has 1 amide bonds. The van der Waals surface area contributed by atoms with Gasteiger partial charge in [0.15, 0.2) is 5.43 Å². The quantitative estimate of drug-likeness (QED) is 0.341. The van der Waals surface area contributed by atoms with Gasteiger partial charge in [-0.2, -0.15) is 0 Å². The van der Waals surface area contributed by atoms with Gasteiger partial charge in [0.25, 0.3) is 5.91 Å². The molecular formula is C24H17BrN2O3S. The fourth-order valence-electron chi connectivity index (χ4n) is 3.93. The number of hydrogen-bond acceptors (Lipinski definition) is 5. The van der Waals surface area contributed by atoms with E-state index in [1.54, 1.807) is 41.1 Å². The minimum Gasteiger partial charge on any atom is -0.450 e. The number of hydrogen-bond donors (Lipinski definition) is 0. The van der Waals surface area contributed by atoms with Crippen LogP contribution in [0.5, 0.6) is 0 Å². The number of fused-ring (bicyclic) bond motifs is 2. The fourth-order valence-corrected chi connectivity index (χ4v) is 4.70. The minimum absolute atomic E-state index is 0.0714. The summed E-state index contributed by atoms with van der Waals surface area (Å²) in [6, 6.07) is 16.2. The van der Waals surface area contributed by atoms with E-state index in [0.717, 1.165) is 20.5 Å². The Morgan fingerprint density at radius 3 is 2.55 bits per heavy atom. The normalized spacial score (nSPS) is 15.5. The highest BCUT2D eigenvalue weighted by Crippen LogP contribution is 2.41. The van der Waals surface area contributed by atoms with Crippen molar-refractivity contribution in [1.29, 1.82) is 0 Å². The molecule has 0 saturated heterocycles. The van der Waals surface area contributed by atoms with Crippen LogP contribution in [0.4, 0.5) is 5.82 Å². The molecule has 7 heteroatoms. The van der Waals surface area contributed by atoms with Crippen molar-refractivity contribution in [3.63, 3.8) is 0 Å². The van der Waals surface area contributed by atoms with E-state index in [0.29, 0.717) is 22.4 Å². The zero-order valence-corrected chi connectivity index (χ0v) is 19.2. The third-order valence-electron chi connectivity index (χ3n) is 5.41. The summed E-state index contributed by atoms with van der Waals surface area (Å²) in [6.07, 6.45) is 3.67. The predicted octanol–water partition coefficient (Wildman–Crippen LogP) is 5.73. The lowest BCUT2D eigenvalue weighted by Gasteiger charge is -2.24. The first-order valence-corrected chi connectivity index (χ1v) is 11.7. The molecule has 1 aliphatic rings. The number of nitrogens with zero attached hydrogens (tertiary/aromatic N) is 2. The third-order valence-corrected chi connectivity index (χ3v) is 6.65. The zero-order chi connectivity index (χ0) is 21.7. The Bertz CT molecular complexity index is 1400. The average molecular weight is 493 g/mol. The number of amides is 1. The maximum atomic E-state index is 13.6. The summed E-state index contributed by atoms with van der Waals surface area (Å²) in [4.78, 5) is 34.2. The number of halogens is 1. The van der Waals surface area contributed by atoms with E-state index in [1.165, 1.54) is 0 Å². The Labute approximate surface area is 191 Å². The second kappa shape index (κ2) is 7.66. The van der Waals surface area contributed by atoms with Gasteiger partial charge in [-0.25, -0.2) is 4.98 Å². The topological polar surface area (TPSA) is 63.4 Å². The van der Waals surface area contributed by atoms with Gasteiger partial charge in [-0.15, -0.1) is 11.8 Å². The van der Waals surface area contributed by atoms with Gasteiger partial charge in [-0.1, -0.05) is 28.1 Å². The highest BCUT2D eigenvalue weighted by atomic mass is 79.9. The molecule has 5 nitrogen and oxygen atoms in total. The Hall–Kier alpha value is -2.90. The van der Waals surface area contributed by atoms with E-state index in [4.69, 9.17) is 4.42 Å². The highest BCUT2D eigenvalue weighted by Gasteiger charge is 2.44. The van der Waals surface area contributed by atoms with Crippen molar-refractivity contribution in [1.82, 2.24) is 4.98 Å². The summed E-state index contributed by atoms with van der Waals surface area (Å²) in [5, 5.41) is 0.436. The predicted molar refractivity (Wildman–Crippen MR) is 126 cm³/mol. The lowest BCUT2D eigenvalue weighted by atomic mass is 9.98. The van der Waals surface area contributed by atoms with Crippen LogP contribution in [0.15, 0.2) is 79.4 Å². The first-order valence-electron chi connectivity index (χ1n) is 9.64. The molecule has 0 radical (unpaired) electrons. The molecule has 0 bridgehead atoms. The van der Waals surface area contributed by atoms with Crippen molar-refractivity contribution in [3.05, 3.63) is 97.9 Å². The summed E-state index contributed by atoms with van der Waals surface area (Å²) in [5.41, 5.74) is 2.32. The minimum atomic E-state index is -0.618. The largest absolute Gasteiger partial charge is 0.450 e. The van der Waals surface area contributed by atoms with Crippen molar-refractivity contribution in [3.8, 4) is 0 Å². The van der Waals surface area contributed by atoms with Gasteiger partial charge in [0.05, 0.1) is 17.0 Å². The zero-order valence-electron chi connectivity index (χ0n) is 16.8. The molecule has 0 spiro atoms. The van der Waals surface area contributed by atoms with Crippen LogP contribution < -0.4 is 10.3 Å². The van der Waals surface area contributed by atoms with E-state index in [2.05, 4.69) is 20.9 Å². The number of aryl methyl sites for hydroxylation is 1. The fraction of sp³-hybridized carbons (Fsp3) is 0.125. The molecule has 154 valence electrons. The molecule has 1 atom stereocenters. The lowest BCUT2D eigenvalue weighted by Crippen LogP contribution is -2.30. The third kappa shape index (κ3) is 3.28. The first kappa shape index (κ1) is 20.0. The van der Waals surface area contributed by atoms with Gasteiger partial charge in [0.1, 0.15) is 11.4 Å². The van der Waals surface area contributed by atoms with Gasteiger partial charge in [-0.05, 0) is 66.8 Å². The standard InChI is InChI=1S/C24H17BrN2O3S/c1-13-9-10-26-19(11-13)27-21(14-3-6-16(31-2)7-4-14)20-22(28)17-12-15(25)5-8-18(17)30-23(20)24(27)29/h3-12,21H,1-2H3. The highest BCUT2D eigenvalue weighted by molar-refractivity contribution is 9.10. The molecule has 0 saturated carbocycles. The van der Waals surface area contributed by atoms with Gasteiger partial charge >= 0.3 is 0 Å². The van der Waals surface area contributed by atoms with Crippen molar-refractivity contribution in [2.24, 2.45) is 0 Å². The molecule has 3 heterocycles. The number of pyridine rings is 1. The van der Waals surface area contributed by atoms with Crippen LogP contribution in [0.3, 0.4) is 0 Å². The van der Waals surface area contributed by atoms with Crippen LogP contribution in [-0.2, 0) is 0 Å². The molecule has 0 aliphatic carbocycles. The Morgan fingerprint density at radius 2 is 1.84 bits per heavy atom. The number of carbonyl (C=O) groups excluding carboxylic acids is 1. The number of anilines is 1. The molecule has 4 aromatic rings. The number of benzene rings is 2. The molecule has 1 aliphatic heterocycles. The Kier molecular flexibility index (Phi) is 4.95. The maximum absolute atomic E-state index is 13.6. The van der Waals surface area contributed by atoms with Crippen molar-refractivity contribution in [2.75, 3.05) is 11.2 Å². The number of rotatable bonds is 3. The number of aromatic nitrogens is 1. The molecule has 31 heavy (non-hydrogen) atoms. The smallest absolute Gasteiger partial charge is 0.296 e. The van der Waals surface area contributed by atoms with E-state index in [1.807, 2.05) is 49.6 Å². The molecule has 0 fully saturated rings. The van der Waals surface area contributed by atoms with Crippen LogP contribution in [0.25, 0.3) is 11.0 Å². The van der Waals surface area contributed by atoms with Crippen LogP contribution >= 0.6 is 27.7 Å². The first-order chi connectivity index (χ1) is 15.0. The van der Waals surface area contributed by atoms with Gasteiger partial charge < -0.3 is 4.42 Å². The van der Waals surface area contributed by atoms with Crippen molar-refractivity contribution in [2.45, 2.75) is 17.9 Å². The van der Waals surface area contributed by atoms with E-state index >= 15 is 0 Å². The SMILES string of the molecule is CSc1ccc(C2c3c(oc4ccc(Br)cc4c3=O)C(=O)N2c2cc(C)ccn2)cc1. The van der Waals surface area contributed by atoms with E-state index < -0.39 is 6.04 Å². The molecular weight excluding hydrogens is 476 g/mol. The summed E-state index contributed by atoms with van der Waals surface area (Å²) in [6.45, 7) is 1.94. The monoisotopic (exact) mass is 492 g/mol. The van der Waals surface area contributed by atoms with E-state index in [9.17, 15) is 9.59 Å². The van der Waals surface area contributed by atoms with Gasteiger partial charge in [-0.3, -0.25) is 14.5 Å². The second-order valence-electron chi connectivity index (χ2n) is 7.36. The molecule has 2 aromatic carbocycles. The number of thioether (sulfide) groups is 1. The van der Waals surface area contributed by atoms with Crippen LogP contribution in [0.2, 0.25) is 0 Å². The Morgan fingerprint density at radius 1 is 1.06 bits per heavy atom. The maximum Gasteiger partial charge on any atom is 0.296 e. The van der Waals surface area contributed by atoms with Crippen molar-refractivity contribution < 1.29 is 9.21 Å². The van der Waals surface area contributed by atoms with Crippen LogP contribution in [-0.4, -0.2) is 17.1 Å².